The van der Waals surface area contributed by atoms with Gasteiger partial charge in [0.15, 0.2) is 11.5 Å². The zero-order chi connectivity index (χ0) is 13.8. The normalized spacial score (nSPS) is 15.5. The molecule has 1 aromatic rings. The minimum absolute atomic E-state index is 0.0615. The van der Waals surface area contributed by atoms with E-state index in [1.54, 1.807) is 26.2 Å². The molecule has 1 aliphatic rings. The summed E-state index contributed by atoms with van der Waals surface area (Å²) in [5.74, 6) is 1.34. The van der Waals surface area contributed by atoms with Gasteiger partial charge in [-0.25, -0.2) is 0 Å². The predicted molar refractivity (Wildman–Crippen MR) is 75.3 cm³/mol. The molecular weight excluding hydrogens is 264 g/mol. The summed E-state index contributed by atoms with van der Waals surface area (Å²) in [4.78, 5) is 11.4. The fraction of sp³-hybridized carbons (Fsp3) is 0.533. The lowest BCUT2D eigenvalue weighted by Crippen LogP contribution is -2.14. The molecule has 4 heteroatoms. The highest BCUT2D eigenvalue weighted by Gasteiger charge is 2.22. The summed E-state index contributed by atoms with van der Waals surface area (Å²) in [7, 11) is 1.60. The smallest absolute Gasteiger partial charge is 0.166 e. The van der Waals surface area contributed by atoms with Crippen LogP contribution >= 0.6 is 11.6 Å². The molecule has 0 amide bonds. The Morgan fingerprint density at radius 2 is 2.05 bits per heavy atom. The molecule has 1 saturated carbocycles. The van der Waals surface area contributed by atoms with Crippen LogP contribution in [0.3, 0.4) is 0 Å². The lowest BCUT2D eigenvalue weighted by molar-refractivity contribution is -0.116. The van der Waals surface area contributed by atoms with Gasteiger partial charge in [0.25, 0.3) is 0 Å². The minimum Gasteiger partial charge on any atom is -0.493 e. The Morgan fingerprint density at radius 1 is 1.37 bits per heavy atom. The molecule has 1 aromatic carbocycles. The van der Waals surface area contributed by atoms with Crippen LogP contribution in [0, 0.1) is 0 Å². The van der Waals surface area contributed by atoms with Crippen LogP contribution in [0.4, 0.5) is 0 Å². The number of Topliss-reactive ketones (excluding diaryl/α,β-unsaturated/α-hetero) is 1. The molecule has 0 saturated heterocycles. The summed E-state index contributed by atoms with van der Waals surface area (Å²) in [5.41, 5.74) is 0.736. The fourth-order valence-electron chi connectivity index (χ4n) is 2.46. The van der Waals surface area contributed by atoms with Crippen molar-refractivity contribution >= 4 is 17.4 Å². The number of benzene rings is 1. The molecule has 0 unspecified atom stereocenters. The van der Waals surface area contributed by atoms with E-state index in [1.807, 2.05) is 0 Å². The van der Waals surface area contributed by atoms with Crippen molar-refractivity contribution in [3.63, 3.8) is 0 Å². The third-order valence-electron chi connectivity index (χ3n) is 3.40. The van der Waals surface area contributed by atoms with Crippen LogP contribution in [0.5, 0.6) is 11.5 Å². The van der Waals surface area contributed by atoms with Gasteiger partial charge >= 0.3 is 0 Å². The van der Waals surface area contributed by atoms with Gasteiger partial charge in [-0.15, -0.1) is 0 Å². The van der Waals surface area contributed by atoms with Crippen LogP contribution in [-0.4, -0.2) is 19.0 Å². The number of carbonyl (C=O) groups is 1. The predicted octanol–water partition coefficient (Wildman–Crippen LogP) is 3.80. The first kappa shape index (κ1) is 14.2. The maximum atomic E-state index is 11.4. The third-order valence-corrected chi connectivity index (χ3v) is 3.75. The summed E-state index contributed by atoms with van der Waals surface area (Å²) >= 11 is 6.20. The second-order valence-electron chi connectivity index (χ2n) is 4.96. The molecule has 104 valence electrons. The Morgan fingerprint density at radius 3 is 2.63 bits per heavy atom. The molecule has 1 aliphatic carbocycles. The van der Waals surface area contributed by atoms with Crippen molar-refractivity contribution in [1.82, 2.24) is 0 Å². The van der Waals surface area contributed by atoms with Crippen molar-refractivity contribution in [3.8, 4) is 11.5 Å². The lowest BCUT2D eigenvalue weighted by atomic mass is 10.1. The van der Waals surface area contributed by atoms with Crippen molar-refractivity contribution in [2.24, 2.45) is 0 Å². The second-order valence-corrected chi connectivity index (χ2v) is 5.37. The average Bonchev–Trinajstić information content (AvgIpc) is 2.86. The van der Waals surface area contributed by atoms with Crippen LogP contribution in [0.1, 0.15) is 38.2 Å². The maximum Gasteiger partial charge on any atom is 0.166 e. The number of hydrogen-bond acceptors (Lipinski definition) is 3. The van der Waals surface area contributed by atoms with Gasteiger partial charge in [0.2, 0.25) is 0 Å². The first-order valence-electron chi connectivity index (χ1n) is 6.63. The molecule has 0 bridgehead atoms. The first-order valence-corrected chi connectivity index (χ1v) is 7.01. The van der Waals surface area contributed by atoms with Crippen molar-refractivity contribution in [2.75, 3.05) is 7.11 Å². The Bertz CT molecular complexity index is 465. The number of methoxy groups -OCH3 is 1. The number of hydrogen-bond donors (Lipinski definition) is 0. The van der Waals surface area contributed by atoms with E-state index in [4.69, 9.17) is 21.1 Å². The van der Waals surface area contributed by atoms with Gasteiger partial charge in [-0.05, 0) is 44.7 Å². The molecule has 0 aromatic heterocycles. The molecule has 3 nitrogen and oxygen atoms in total. The van der Waals surface area contributed by atoms with Crippen LogP contribution < -0.4 is 9.47 Å². The van der Waals surface area contributed by atoms with E-state index in [2.05, 4.69) is 0 Å². The number of ether oxygens (including phenoxy) is 2. The molecule has 2 rings (SSSR count). The van der Waals surface area contributed by atoms with E-state index in [0.29, 0.717) is 16.5 Å². The molecule has 0 spiro atoms. The minimum atomic E-state index is 0.0615. The molecule has 0 heterocycles. The standard InChI is InChI=1S/C15H19ClO3/c1-10(17)9-12-13(16)7-8-14(18-2)15(12)19-11-5-3-4-6-11/h7-8,11H,3-6,9H2,1-2H3. The Kier molecular flexibility index (Phi) is 4.70. The summed E-state index contributed by atoms with van der Waals surface area (Å²) in [6, 6.07) is 3.54. The van der Waals surface area contributed by atoms with Crippen LogP contribution in [0.15, 0.2) is 12.1 Å². The van der Waals surface area contributed by atoms with Crippen LogP contribution in [0.2, 0.25) is 5.02 Å². The highest BCUT2D eigenvalue weighted by molar-refractivity contribution is 6.31. The van der Waals surface area contributed by atoms with Gasteiger partial charge in [0, 0.05) is 17.0 Å². The topological polar surface area (TPSA) is 35.5 Å². The molecular formula is C15H19ClO3. The average molecular weight is 283 g/mol. The van der Waals surface area contributed by atoms with E-state index in [0.717, 1.165) is 18.4 Å². The van der Waals surface area contributed by atoms with Crippen LogP contribution in [0.25, 0.3) is 0 Å². The van der Waals surface area contributed by atoms with E-state index in [-0.39, 0.29) is 18.3 Å². The SMILES string of the molecule is COc1ccc(Cl)c(CC(C)=O)c1OC1CCCC1. The highest BCUT2D eigenvalue weighted by atomic mass is 35.5. The van der Waals surface area contributed by atoms with Gasteiger partial charge in [-0.1, -0.05) is 11.6 Å². The highest BCUT2D eigenvalue weighted by Crippen LogP contribution is 2.38. The third kappa shape index (κ3) is 3.41. The summed E-state index contributed by atoms with van der Waals surface area (Å²) in [5, 5.41) is 0.559. The zero-order valence-electron chi connectivity index (χ0n) is 11.4. The number of halogens is 1. The quantitative estimate of drug-likeness (QED) is 0.824. The van der Waals surface area contributed by atoms with E-state index < -0.39 is 0 Å². The largest absolute Gasteiger partial charge is 0.493 e. The second kappa shape index (κ2) is 6.29. The number of carbonyl (C=O) groups excluding carboxylic acids is 1. The Balaban J connectivity index is 2.34. The van der Waals surface area contributed by atoms with Crippen LogP contribution in [-0.2, 0) is 11.2 Å². The van der Waals surface area contributed by atoms with Gasteiger partial charge in [-0.3, -0.25) is 4.79 Å². The fourth-order valence-corrected chi connectivity index (χ4v) is 2.67. The van der Waals surface area contributed by atoms with Gasteiger partial charge < -0.3 is 9.47 Å². The van der Waals surface area contributed by atoms with Crippen molar-refractivity contribution in [3.05, 3.63) is 22.7 Å². The zero-order valence-corrected chi connectivity index (χ0v) is 12.1. The molecule has 0 N–H and O–H groups in total. The van der Waals surface area contributed by atoms with Crippen molar-refractivity contribution in [2.45, 2.75) is 45.1 Å². The molecule has 0 aliphatic heterocycles. The monoisotopic (exact) mass is 282 g/mol. The summed E-state index contributed by atoms with van der Waals surface area (Å²) in [6.45, 7) is 1.55. The molecule has 19 heavy (non-hydrogen) atoms. The van der Waals surface area contributed by atoms with E-state index >= 15 is 0 Å². The molecule has 1 fully saturated rings. The van der Waals surface area contributed by atoms with Gasteiger partial charge in [-0.2, -0.15) is 0 Å². The summed E-state index contributed by atoms with van der Waals surface area (Å²) < 4.78 is 11.4. The van der Waals surface area contributed by atoms with Crippen molar-refractivity contribution in [1.29, 1.82) is 0 Å². The van der Waals surface area contributed by atoms with Gasteiger partial charge in [0.05, 0.1) is 13.2 Å². The summed E-state index contributed by atoms with van der Waals surface area (Å²) in [6.07, 6.45) is 4.96. The maximum absolute atomic E-state index is 11.4. The Labute approximate surface area is 118 Å². The van der Waals surface area contributed by atoms with Gasteiger partial charge in [0.1, 0.15) is 5.78 Å². The number of rotatable bonds is 5. The molecule has 0 radical (unpaired) electrons. The first-order chi connectivity index (χ1) is 9.11. The number of ketones is 1. The molecule has 0 atom stereocenters. The lowest BCUT2D eigenvalue weighted by Gasteiger charge is -2.19. The van der Waals surface area contributed by atoms with Crippen molar-refractivity contribution < 1.29 is 14.3 Å². The van der Waals surface area contributed by atoms with E-state index in [1.165, 1.54) is 12.8 Å². The van der Waals surface area contributed by atoms with E-state index in [9.17, 15) is 4.79 Å². The Hall–Kier alpha value is -1.22.